The highest BCUT2D eigenvalue weighted by atomic mass is 19.4. The number of methoxy groups -OCH3 is 1. The minimum absolute atomic E-state index is 0.0358. The van der Waals surface area contributed by atoms with E-state index in [2.05, 4.69) is 4.74 Å². The fourth-order valence-electron chi connectivity index (χ4n) is 2.22. The summed E-state index contributed by atoms with van der Waals surface area (Å²) in [5.41, 5.74) is 0. The summed E-state index contributed by atoms with van der Waals surface area (Å²) in [6.45, 7) is 1.65. The fourth-order valence-corrected chi connectivity index (χ4v) is 2.22. The number of amides is 1. The van der Waals surface area contributed by atoms with Crippen LogP contribution in [0.25, 0.3) is 0 Å². The van der Waals surface area contributed by atoms with E-state index >= 15 is 0 Å². The Morgan fingerprint density at radius 2 is 2.17 bits per heavy atom. The van der Waals surface area contributed by atoms with Crippen LogP contribution in [0, 0.1) is 5.92 Å². The van der Waals surface area contributed by atoms with E-state index < -0.39 is 36.4 Å². The second-order valence-electron chi connectivity index (χ2n) is 4.38. The third-order valence-electron chi connectivity index (χ3n) is 2.99. The Bertz CT molecular complexity index is 330. The molecule has 1 aliphatic rings. The van der Waals surface area contributed by atoms with Crippen molar-refractivity contribution in [2.45, 2.75) is 38.4 Å². The fraction of sp³-hybridized carbons (Fsp3) is 0.818. The van der Waals surface area contributed by atoms with Crippen molar-refractivity contribution >= 4 is 11.9 Å². The van der Waals surface area contributed by atoms with Crippen LogP contribution >= 0.6 is 0 Å². The first kappa shape index (κ1) is 14.8. The molecule has 0 saturated carbocycles. The van der Waals surface area contributed by atoms with Crippen LogP contribution in [0.5, 0.6) is 0 Å². The molecule has 1 rings (SSSR count). The lowest BCUT2D eigenvalue weighted by molar-refractivity contribution is -0.151. The van der Waals surface area contributed by atoms with Gasteiger partial charge in [0.1, 0.15) is 6.04 Å². The molecule has 104 valence electrons. The molecule has 1 fully saturated rings. The Kier molecular flexibility index (Phi) is 4.59. The molecular weight excluding hydrogens is 251 g/mol. The molecule has 7 heteroatoms. The zero-order valence-corrected chi connectivity index (χ0v) is 10.3. The molecule has 2 unspecified atom stereocenters. The van der Waals surface area contributed by atoms with Crippen molar-refractivity contribution in [2.75, 3.05) is 13.7 Å². The quantitative estimate of drug-likeness (QED) is 0.729. The molecule has 2 atom stereocenters. The van der Waals surface area contributed by atoms with E-state index in [-0.39, 0.29) is 13.0 Å². The minimum atomic E-state index is -4.28. The maximum Gasteiger partial charge on any atom is 0.389 e. The van der Waals surface area contributed by atoms with E-state index in [1.54, 1.807) is 6.92 Å². The van der Waals surface area contributed by atoms with Crippen LogP contribution in [-0.2, 0) is 14.3 Å². The van der Waals surface area contributed by atoms with E-state index in [9.17, 15) is 22.8 Å². The van der Waals surface area contributed by atoms with Crippen LogP contribution < -0.4 is 0 Å². The van der Waals surface area contributed by atoms with Gasteiger partial charge in [0.2, 0.25) is 5.91 Å². The first-order valence-corrected chi connectivity index (χ1v) is 5.72. The molecular formula is C11H16F3NO3. The van der Waals surface area contributed by atoms with E-state index in [1.165, 1.54) is 12.0 Å². The summed E-state index contributed by atoms with van der Waals surface area (Å²) >= 11 is 0. The van der Waals surface area contributed by atoms with Crippen molar-refractivity contribution in [2.24, 2.45) is 5.92 Å². The smallest absolute Gasteiger partial charge is 0.389 e. The topological polar surface area (TPSA) is 46.6 Å². The van der Waals surface area contributed by atoms with Crippen molar-refractivity contribution in [1.29, 1.82) is 0 Å². The molecule has 0 aromatic heterocycles. The lowest BCUT2D eigenvalue weighted by Gasteiger charge is -2.25. The van der Waals surface area contributed by atoms with E-state index in [0.717, 1.165) is 0 Å². The first-order chi connectivity index (χ1) is 8.28. The SMILES string of the molecule is CCC(C(=O)OC)N1CC(CC(F)(F)F)CC1=O. The number of carbonyl (C=O) groups excluding carboxylic acids is 2. The van der Waals surface area contributed by atoms with Gasteiger partial charge in [-0.1, -0.05) is 6.92 Å². The van der Waals surface area contributed by atoms with Gasteiger partial charge in [-0.2, -0.15) is 13.2 Å². The van der Waals surface area contributed by atoms with Gasteiger partial charge in [-0.15, -0.1) is 0 Å². The molecule has 0 N–H and O–H groups in total. The zero-order valence-electron chi connectivity index (χ0n) is 10.3. The predicted molar refractivity (Wildman–Crippen MR) is 56.6 cm³/mol. The van der Waals surface area contributed by atoms with Gasteiger partial charge >= 0.3 is 12.1 Å². The van der Waals surface area contributed by atoms with Crippen LogP contribution in [-0.4, -0.2) is 42.6 Å². The molecule has 0 aliphatic carbocycles. The standard InChI is InChI=1S/C11H16F3NO3/c1-3-8(10(17)18-2)15-6-7(4-9(15)16)5-11(12,13)14/h7-8H,3-6H2,1-2H3. The van der Waals surface area contributed by atoms with Crippen molar-refractivity contribution in [3.63, 3.8) is 0 Å². The molecule has 18 heavy (non-hydrogen) atoms. The second-order valence-corrected chi connectivity index (χ2v) is 4.38. The molecule has 0 bridgehead atoms. The normalized spacial score (nSPS) is 22.2. The van der Waals surface area contributed by atoms with E-state index in [4.69, 9.17) is 0 Å². The minimum Gasteiger partial charge on any atom is -0.467 e. The third kappa shape index (κ3) is 3.61. The van der Waals surface area contributed by atoms with Gasteiger partial charge in [0.15, 0.2) is 0 Å². The van der Waals surface area contributed by atoms with Crippen molar-refractivity contribution in [1.82, 2.24) is 4.90 Å². The highest BCUT2D eigenvalue weighted by molar-refractivity contribution is 5.86. The third-order valence-corrected chi connectivity index (χ3v) is 2.99. The number of carbonyl (C=O) groups is 2. The van der Waals surface area contributed by atoms with Crippen molar-refractivity contribution < 1.29 is 27.5 Å². The largest absolute Gasteiger partial charge is 0.467 e. The molecule has 0 aromatic carbocycles. The lowest BCUT2D eigenvalue weighted by atomic mass is 10.0. The van der Waals surface area contributed by atoms with Crippen LogP contribution in [0.4, 0.5) is 13.2 Å². The summed E-state index contributed by atoms with van der Waals surface area (Å²) in [5.74, 6) is -1.77. The van der Waals surface area contributed by atoms with Crippen molar-refractivity contribution in [3.8, 4) is 0 Å². The highest BCUT2D eigenvalue weighted by Crippen LogP contribution is 2.32. The summed E-state index contributed by atoms with van der Waals surface area (Å²) in [7, 11) is 1.19. The molecule has 1 saturated heterocycles. The Labute approximate surface area is 103 Å². The number of likely N-dealkylation sites (tertiary alicyclic amines) is 1. The summed E-state index contributed by atoms with van der Waals surface area (Å²) in [6, 6.07) is -0.777. The Morgan fingerprint density at radius 3 is 2.61 bits per heavy atom. The highest BCUT2D eigenvalue weighted by Gasteiger charge is 2.42. The number of ether oxygens (including phenoxy) is 1. The van der Waals surface area contributed by atoms with Crippen LogP contribution in [0.1, 0.15) is 26.2 Å². The molecule has 0 aromatic rings. The maximum atomic E-state index is 12.2. The van der Waals surface area contributed by atoms with Gasteiger partial charge in [-0.25, -0.2) is 4.79 Å². The van der Waals surface area contributed by atoms with Crippen LogP contribution in [0.15, 0.2) is 0 Å². The summed E-state index contributed by atoms with van der Waals surface area (Å²) < 4.78 is 41.3. The maximum absolute atomic E-state index is 12.2. The molecule has 1 amide bonds. The number of hydrogen-bond donors (Lipinski definition) is 0. The number of hydrogen-bond acceptors (Lipinski definition) is 3. The number of esters is 1. The molecule has 1 heterocycles. The zero-order chi connectivity index (χ0) is 13.9. The summed E-state index contributed by atoms with van der Waals surface area (Å²) in [5, 5.41) is 0. The van der Waals surface area contributed by atoms with Crippen molar-refractivity contribution in [3.05, 3.63) is 0 Å². The average molecular weight is 267 g/mol. The molecule has 0 spiro atoms. The van der Waals surface area contributed by atoms with Gasteiger partial charge in [0, 0.05) is 19.4 Å². The van der Waals surface area contributed by atoms with Gasteiger partial charge in [0.25, 0.3) is 0 Å². The second kappa shape index (κ2) is 5.58. The predicted octanol–water partition coefficient (Wildman–Crippen LogP) is 1.74. The molecule has 4 nitrogen and oxygen atoms in total. The van der Waals surface area contributed by atoms with Crippen LogP contribution in [0.3, 0.4) is 0 Å². The Hall–Kier alpha value is -1.27. The Morgan fingerprint density at radius 1 is 1.56 bits per heavy atom. The number of alkyl halides is 3. The van der Waals surface area contributed by atoms with Gasteiger partial charge < -0.3 is 9.64 Å². The summed E-state index contributed by atoms with van der Waals surface area (Å²) in [4.78, 5) is 24.3. The first-order valence-electron chi connectivity index (χ1n) is 5.72. The van der Waals surface area contributed by atoms with Crippen LogP contribution in [0.2, 0.25) is 0 Å². The monoisotopic (exact) mass is 267 g/mol. The van der Waals surface area contributed by atoms with Gasteiger partial charge in [-0.05, 0) is 12.3 Å². The molecule has 1 aliphatic heterocycles. The lowest BCUT2D eigenvalue weighted by Crippen LogP contribution is -2.42. The van der Waals surface area contributed by atoms with Gasteiger partial charge in [0.05, 0.1) is 7.11 Å². The van der Waals surface area contributed by atoms with E-state index in [0.29, 0.717) is 6.42 Å². The van der Waals surface area contributed by atoms with Gasteiger partial charge in [-0.3, -0.25) is 4.79 Å². The Balaban J connectivity index is 2.69. The number of nitrogens with zero attached hydrogens (tertiary/aromatic N) is 1. The average Bonchev–Trinajstić information content (AvgIpc) is 2.58. The van der Waals surface area contributed by atoms with E-state index in [1.807, 2.05) is 0 Å². The molecule has 0 radical (unpaired) electrons. The summed E-state index contributed by atoms with van der Waals surface area (Å²) in [6.07, 6.45) is -5.11. The number of rotatable bonds is 4. The number of halogens is 3.